The number of rotatable bonds is 5. The fourth-order valence-corrected chi connectivity index (χ4v) is 20.1. The predicted octanol–water partition coefficient (Wildman–Crippen LogP) is 19.7. The average molecular weight is 1410 g/mol. The summed E-state index contributed by atoms with van der Waals surface area (Å²) in [6.45, 7) is 19.7. The Morgan fingerprint density at radius 3 is 1.10 bits per heavy atom. The van der Waals surface area contributed by atoms with Crippen LogP contribution in [0.1, 0.15) is 79.0 Å². The molecule has 16 aromatic rings. The molecule has 0 spiro atoms. The van der Waals surface area contributed by atoms with Crippen LogP contribution in [0, 0.1) is 0 Å². The summed E-state index contributed by atoms with van der Waals surface area (Å²) in [6.07, 6.45) is 4.38. The van der Waals surface area contributed by atoms with E-state index in [2.05, 4.69) is 307 Å². The Hall–Kier alpha value is -11.0. The van der Waals surface area contributed by atoms with Crippen molar-refractivity contribution in [2.45, 2.75) is 78.6 Å². The van der Waals surface area contributed by atoms with Crippen LogP contribution in [0.25, 0.3) is 99.2 Å². The van der Waals surface area contributed by atoms with Gasteiger partial charge in [0.05, 0.1) is 17.1 Å². The lowest BCUT2D eigenvalue weighted by Crippen LogP contribution is -2.64. The first kappa shape index (κ1) is 62.3. The molecule has 0 radical (unpaired) electrons. The van der Waals surface area contributed by atoms with Gasteiger partial charge in [0.1, 0.15) is 68.0 Å². The Bertz CT molecular complexity index is 6650. The van der Waals surface area contributed by atoms with Gasteiger partial charge in [-0.3, -0.25) is 8.61 Å². The number of ether oxygens (including phenoxy) is 3. The summed E-state index contributed by atoms with van der Waals surface area (Å²) in [5.74, 6) is 4.95. The van der Waals surface area contributed by atoms with Crippen LogP contribution in [0.4, 0.5) is 34.1 Å². The van der Waals surface area contributed by atoms with Gasteiger partial charge in [0.15, 0.2) is 0 Å². The van der Waals surface area contributed by atoms with E-state index >= 15 is 0 Å². The average Bonchev–Trinajstić information content (AvgIpc) is 0.914. The maximum absolute atomic E-state index is 7.77. The van der Waals surface area contributed by atoms with Gasteiger partial charge in [-0.15, -0.1) is 0 Å². The fraction of sp³-hybridized carbons (Fsp3) is 0.152. The van der Waals surface area contributed by atoms with Crippen molar-refractivity contribution in [1.29, 1.82) is 0 Å². The van der Waals surface area contributed by atoms with E-state index in [1.807, 2.05) is 0 Å². The van der Waals surface area contributed by atoms with Crippen molar-refractivity contribution in [1.82, 2.24) is 0 Å². The van der Waals surface area contributed by atoms with E-state index in [0.29, 0.717) is 0 Å². The van der Waals surface area contributed by atoms with Crippen molar-refractivity contribution < 1.29 is 27.5 Å². The van der Waals surface area contributed by atoms with Crippen LogP contribution in [0.2, 0.25) is 0 Å². The molecule has 0 aliphatic carbocycles. The molecule has 0 bridgehead atoms. The third-order valence-corrected chi connectivity index (χ3v) is 24.9. The lowest BCUT2D eigenvalue weighted by atomic mass is 9.29. The zero-order valence-electron chi connectivity index (χ0n) is 60.7. The third kappa shape index (κ3) is 8.68. The minimum atomic E-state index is -0.279. The highest BCUT2D eigenvalue weighted by Crippen LogP contribution is 2.51. The lowest BCUT2D eigenvalue weighted by Gasteiger charge is -2.43. The minimum Gasteiger partial charge on any atom is -0.458 e. The molecule has 1 N–H and O–H groups in total. The number of anilines is 6. The van der Waals surface area contributed by atoms with Crippen molar-refractivity contribution in [3.8, 4) is 67.9 Å². The molecule has 14 heteroatoms. The normalized spacial score (nSPS) is 14.3. The summed E-state index contributed by atoms with van der Waals surface area (Å²) in [7, 11) is 0. The smallest absolute Gasteiger partial charge is 0.256 e. The van der Waals surface area contributed by atoms with Crippen LogP contribution in [0.3, 0.4) is 0 Å². The first-order valence-electron chi connectivity index (χ1n) is 36.8. The van der Waals surface area contributed by atoms with Crippen LogP contribution in [0.5, 0.6) is 34.5 Å². The van der Waals surface area contributed by atoms with E-state index in [1.54, 1.807) is 23.9 Å². The number of nitrogens with one attached hydrogen (secondary N) is 1. The number of hydrogen-bond donors (Lipinski definition) is 1. The Morgan fingerprint density at radius 2 is 0.660 bits per heavy atom. The molecule has 0 amide bonds. The van der Waals surface area contributed by atoms with Gasteiger partial charge in [-0.05, 0) is 161 Å². The number of fused-ring (bicyclic) bond motifs is 21. The number of benzene rings is 13. The highest BCUT2D eigenvalue weighted by Gasteiger charge is 2.49. The standard InChI is InChI=1S/C92H70B3N3O6S2/c1-90(2,3)60-31-19-28-57-54-25-16-22-51(84(54)102-87(57)60)48-38-70-81-78(41-48)99-75-36-14-12-34-63(75)93(81)65-44-66-71(46-69(65)96-70)97(105-10)74-40-50(53-24-18-27-56-59-30-21-33-62(92(7,8)9)89(59)104-86(53)56)43-80-83(74)95(66)68-45-67-72(47-77(68)101-80)98(106-11)73-39-49(42-79-82(73)94(67)64-35-13-15-37-76(64)100-79)52-23-17-26-55-58-29-20-32-61(91(4,5)6)88(58)103-85(52)55/h12-47,96H,1-11H3. The van der Waals surface area contributed by atoms with Crippen LogP contribution in [0.15, 0.2) is 232 Å². The molecule has 0 fully saturated rings. The van der Waals surface area contributed by atoms with Crippen molar-refractivity contribution >= 4 is 193 Å². The van der Waals surface area contributed by atoms with Gasteiger partial charge in [-0.2, -0.15) is 0 Å². The van der Waals surface area contributed by atoms with Crippen LogP contribution in [-0.2, 0) is 16.2 Å². The summed E-state index contributed by atoms with van der Waals surface area (Å²) in [5, 5.41) is 10.7. The molecule has 0 saturated carbocycles. The third-order valence-electron chi connectivity index (χ3n) is 23.4. The summed E-state index contributed by atoms with van der Waals surface area (Å²) in [4.78, 5) is 0. The van der Waals surface area contributed by atoms with Crippen LogP contribution < -0.4 is 77.3 Å². The molecule has 0 unspecified atom stereocenters. The van der Waals surface area contributed by atoms with Gasteiger partial charge in [0, 0.05) is 101 Å². The second-order valence-electron chi connectivity index (χ2n) is 32.6. The molecule has 3 aromatic heterocycles. The predicted molar refractivity (Wildman–Crippen MR) is 448 cm³/mol. The molecule has 6 aliphatic heterocycles. The zero-order valence-corrected chi connectivity index (χ0v) is 62.3. The molecule has 0 atom stereocenters. The van der Waals surface area contributed by atoms with Crippen molar-refractivity contribution in [3.63, 3.8) is 0 Å². The van der Waals surface area contributed by atoms with E-state index in [4.69, 9.17) is 27.5 Å². The first-order valence-corrected chi connectivity index (χ1v) is 39.1. The Balaban J connectivity index is 0.762. The van der Waals surface area contributed by atoms with E-state index in [9.17, 15) is 0 Å². The quantitative estimate of drug-likeness (QED) is 0.132. The molecular formula is C92H70B3N3O6S2. The number of para-hydroxylation sites is 8. The Kier molecular flexibility index (Phi) is 12.8. The highest BCUT2D eigenvalue weighted by atomic mass is 32.2. The Morgan fingerprint density at radius 1 is 0.292 bits per heavy atom. The molecule has 22 rings (SSSR count). The SMILES string of the molecule is CSN1c2cc3c(cc2B2c4cc5c(cc4Oc4cc(-c6cccc7c6oc6c(C(C)(C)C)cccc67)cc1c42)N(SC)c1cc(-c2cccc4c2oc2c(C(C)(C)C)cccc24)cc2c1B5c1ccccc1O2)B1c2ccccc2Oc2cc(-c4cccc5c4oc4c(C(C)(C)C)cccc45)cc(c21)N3. The molecule has 510 valence electrons. The van der Waals surface area contributed by atoms with E-state index in [0.717, 1.165) is 201 Å². The molecule has 13 aromatic carbocycles. The second kappa shape index (κ2) is 21.8. The highest BCUT2D eigenvalue weighted by molar-refractivity contribution is 8.00. The van der Waals surface area contributed by atoms with E-state index in [1.165, 1.54) is 33.1 Å². The van der Waals surface area contributed by atoms with Gasteiger partial charge in [0.25, 0.3) is 20.1 Å². The number of furan rings is 3. The summed E-state index contributed by atoms with van der Waals surface area (Å²) in [5.41, 5.74) is 31.1. The van der Waals surface area contributed by atoms with E-state index < -0.39 is 0 Å². The van der Waals surface area contributed by atoms with E-state index in [-0.39, 0.29) is 36.4 Å². The number of hydrogen-bond acceptors (Lipinski definition) is 11. The monoisotopic (exact) mass is 1410 g/mol. The maximum atomic E-state index is 7.77. The van der Waals surface area contributed by atoms with Crippen molar-refractivity contribution in [2.75, 3.05) is 26.4 Å². The molecule has 0 saturated heterocycles. The van der Waals surface area contributed by atoms with Gasteiger partial charge < -0.3 is 32.8 Å². The van der Waals surface area contributed by atoms with Crippen molar-refractivity contribution in [3.05, 3.63) is 235 Å². The summed E-state index contributed by atoms with van der Waals surface area (Å²) in [6, 6.07) is 80.3. The number of nitrogens with zero attached hydrogens (tertiary/aromatic N) is 2. The molecule has 9 nitrogen and oxygen atoms in total. The fourth-order valence-electron chi connectivity index (χ4n) is 18.7. The van der Waals surface area contributed by atoms with Crippen LogP contribution in [-0.4, -0.2) is 32.6 Å². The first-order chi connectivity index (χ1) is 51.3. The van der Waals surface area contributed by atoms with Gasteiger partial charge in [-0.25, -0.2) is 0 Å². The summed E-state index contributed by atoms with van der Waals surface area (Å²) < 4.78 is 48.4. The molecular weight excluding hydrogens is 1340 g/mol. The zero-order chi connectivity index (χ0) is 71.5. The maximum Gasteiger partial charge on any atom is 0.256 e. The largest absolute Gasteiger partial charge is 0.458 e. The van der Waals surface area contributed by atoms with Gasteiger partial charge in [-0.1, -0.05) is 220 Å². The van der Waals surface area contributed by atoms with Gasteiger partial charge in [0.2, 0.25) is 0 Å². The topological polar surface area (TPSA) is 85.6 Å². The van der Waals surface area contributed by atoms with Gasteiger partial charge >= 0.3 is 0 Å². The molecule has 106 heavy (non-hydrogen) atoms. The summed E-state index contributed by atoms with van der Waals surface area (Å²) >= 11 is 3.42. The Labute approximate surface area is 624 Å². The molecule has 9 heterocycles. The second-order valence-corrected chi connectivity index (χ2v) is 34.1. The lowest BCUT2D eigenvalue weighted by molar-refractivity contribution is 0.487. The van der Waals surface area contributed by atoms with Crippen molar-refractivity contribution in [2.24, 2.45) is 0 Å². The minimum absolute atomic E-state index is 0.118. The molecule has 6 aliphatic rings. The van der Waals surface area contributed by atoms with Crippen LogP contribution >= 0.6 is 23.9 Å².